The van der Waals surface area contributed by atoms with Crippen molar-refractivity contribution < 1.29 is 9.53 Å². The van der Waals surface area contributed by atoms with Crippen LogP contribution < -0.4 is 5.32 Å². The van der Waals surface area contributed by atoms with E-state index in [-0.39, 0.29) is 5.91 Å². The first-order valence-electron chi connectivity index (χ1n) is 8.33. The maximum Gasteiger partial charge on any atom is 0.258 e. The molecule has 0 bridgehead atoms. The first-order valence-corrected chi connectivity index (χ1v) is 9.21. The number of carbonyl (C=O) groups is 1. The Labute approximate surface area is 150 Å². The van der Waals surface area contributed by atoms with E-state index in [1.165, 1.54) is 11.3 Å². The molecule has 0 saturated carbocycles. The Morgan fingerprint density at radius 2 is 1.96 bits per heavy atom. The molecular weight excluding hydrogens is 334 g/mol. The van der Waals surface area contributed by atoms with Crippen molar-refractivity contribution in [3.8, 4) is 0 Å². The van der Waals surface area contributed by atoms with Crippen molar-refractivity contribution in [2.24, 2.45) is 0 Å². The Kier molecular flexibility index (Phi) is 4.74. The van der Waals surface area contributed by atoms with Crippen molar-refractivity contribution in [1.29, 1.82) is 0 Å². The summed E-state index contributed by atoms with van der Waals surface area (Å²) in [5.74, 6) is -0.121. The summed E-state index contributed by atoms with van der Waals surface area (Å²) in [7, 11) is 0. The molecule has 128 valence electrons. The van der Waals surface area contributed by atoms with Gasteiger partial charge in [-0.2, -0.15) is 0 Å². The predicted octanol–water partition coefficient (Wildman–Crippen LogP) is 3.38. The van der Waals surface area contributed by atoms with Crippen LogP contribution in [0.15, 0.2) is 47.8 Å². The first kappa shape index (κ1) is 16.2. The van der Waals surface area contributed by atoms with Crippen LogP contribution in [0.4, 0.5) is 5.13 Å². The molecule has 25 heavy (non-hydrogen) atoms. The molecule has 6 heteroatoms. The van der Waals surface area contributed by atoms with Crippen LogP contribution in [-0.4, -0.2) is 42.1 Å². The lowest BCUT2D eigenvalue weighted by Gasteiger charge is -2.25. The number of thiazole rings is 1. The second-order valence-corrected chi connectivity index (χ2v) is 6.87. The lowest BCUT2D eigenvalue weighted by atomic mass is 10.0. The molecule has 1 N–H and O–H groups in total. The third-order valence-corrected chi connectivity index (χ3v) is 5.10. The van der Waals surface area contributed by atoms with Crippen LogP contribution in [0.25, 0.3) is 10.8 Å². The van der Waals surface area contributed by atoms with Crippen LogP contribution in [0.3, 0.4) is 0 Å². The molecule has 2 heterocycles. The molecule has 0 unspecified atom stereocenters. The number of aromatic nitrogens is 1. The fourth-order valence-electron chi connectivity index (χ4n) is 3.01. The summed E-state index contributed by atoms with van der Waals surface area (Å²) in [5, 5.41) is 7.59. The molecule has 1 aliphatic rings. The van der Waals surface area contributed by atoms with Crippen molar-refractivity contribution in [2.45, 2.75) is 6.54 Å². The zero-order valence-corrected chi connectivity index (χ0v) is 14.6. The topological polar surface area (TPSA) is 54.5 Å². The van der Waals surface area contributed by atoms with Gasteiger partial charge in [-0.15, -0.1) is 11.3 Å². The SMILES string of the molecule is O=C(Nc1nc(CN2CCOCC2)cs1)c1cccc2ccccc12. The standard InChI is InChI=1S/C19H19N3O2S/c23-18(17-7-3-5-14-4-1-2-6-16(14)17)21-19-20-15(13-25-19)12-22-8-10-24-11-9-22/h1-7,13H,8-12H2,(H,20,21,23). The van der Waals surface area contributed by atoms with Gasteiger partial charge in [-0.3, -0.25) is 15.0 Å². The fourth-order valence-corrected chi connectivity index (χ4v) is 3.71. The van der Waals surface area contributed by atoms with Crippen molar-refractivity contribution in [3.63, 3.8) is 0 Å². The average Bonchev–Trinajstić information content (AvgIpc) is 3.09. The van der Waals surface area contributed by atoms with E-state index in [0.717, 1.165) is 49.3 Å². The summed E-state index contributed by atoms with van der Waals surface area (Å²) in [6.07, 6.45) is 0. The molecule has 0 spiro atoms. The minimum atomic E-state index is -0.121. The molecule has 0 atom stereocenters. The predicted molar refractivity (Wildman–Crippen MR) is 100 cm³/mol. The summed E-state index contributed by atoms with van der Waals surface area (Å²) >= 11 is 1.47. The van der Waals surface area contributed by atoms with Crippen LogP contribution in [0, 0.1) is 0 Å². The summed E-state index contributed by atoms with van der Waals surface area (Å²) < 4.78 is 5.36. The molecule has 1 aliphatic heterocycles. The van der Waals surface area contributed by atoms with E-state index in [9.17, 15) is 4.79 Å². The smallest absolute Gasteiger partial charge is 0.258 e. The van der Waals surface area contributed by atoms with Crippen LogP contribution in [-0.2, 0) is 11.3 Å². The number of anilines is 1. The summed E-state index contributed by atoms with van der Waals surface area (Å²) in [6.45, 7) is 4.19. The number of benzene rings is 2. The van der Waals surface area contributed by atoms with Gasteiger partial charge in [0.05, 0.1) is 18.9 Å². The van der Waals surface area contributed by atoms with E-state index in [4.69, 9.17) is 4.74 Å². The van der Waals surface area contributed by atoms with Crippen molar-refractivity contribution in [2.75, 3.05) is 31.6 Å². The maximum atomic E-state index is 12.7. The third kappa shape index (κ3) is 3.71. The molecular formula is C19H19N3O2S. The molecule has 1 amide bonds. The van der Waals surface area contributed by atoms with Gasteiger partial charge in [0.1, 0.15) is 0 Å². The molecule has 1 aromatic heterocycles. The van der Waals surface area contributed by atoms with Gasteiger partial charge in [0, 0.05) is 30.6 Å². The molecule has 4 rings (SSSR count). The van der Waals surface area contributed by atoms with Gasteiger partial charge in [-0.05, 0) is 16.8 Å². The van der Waals surface area contributed by atoms with Crippen LogP contribution in [0.2, 0.25) is 0 Å². The zero-order valence-electron chi connectivity index (χ0n) is 13.8. The van der Waals surface area contributed by atoms with Gasteiger partial charge >= 0.3 is 0 Å². The Morgan fingerprint density at radius 1 is 1.16 bits per heavy atom. The van der Waals surface area contributed by atoms with Crippen LogP contribution in [0.5, 0.6) is 0 Å². The number of carbonyl (C=O) groups excluding carboxylic acids is 1. The number of fused-ring (bicyclic) bond motifs is 1. The number of ether oxygens (including phenoxy) is 1. The largest absolute Gasteiger partial charge is 0.379 e. The van der Waals surface area contributed by atoms with Gasteiger partial charge in [0.25, 0.3) is 5.91 Å². The number of hydrogen-bond acceptors (Lipinski definition) is 5. The number of nitrogens with zero attached hydrogens (tertiary/aromatic N) is 2. The summed E-state index contributed by atoms with van der Waals surface area (Å²) in [6, 6.07) is 13.7. The van der Waals surface area contributed by atoms with E-state index < -0.39 is 0 Å². The Hall–Kier alpha value is -2.28. The number of nitrogens with one attached hydrogen (secondary N) is 1. The van der Waals surface area contributed by atoms with Gasteiger partial charge in [-0.1, -0.05) is 36.4 Å². The molecule has 0 aliphatic carbocycles. The number of morpholine rings is 1. The zero-order chi connectivity index (χ0) is 17.1. The quantitative estimate of drug-likeness (QED) is 0.781. The Morgan fingerprint density at radius 3 is 2.84 bits per heavy atom. The van der Waals surface area contributed by atoms with Crippen molar-refractivity contribution in [3.05, 3.63) is 59.1 Å². The molecule has 3 aromatic rings. The number of amides is 1. The molecule has 5 nitrogen and oxygen atoms in total. The number of rotatable bonds is 4. The van der Waals surface area contributed by atoms with Crippen LogP contribution >= 0.6 is 11.3 Å². The highest BCUT2D eigenvalue weighted by Gasteiger charge is 2.15. The minimum Gasteiger partial charge on any atom is -0.379 e. The van der Waals surface area contributed by atoms with E-state index in [0.29, 0.717) is 10.7 Å². The number of hydrogen-bond donors (Lipinski definition) is 1. The molecule has 1 saturated heterocycles. The second-order valence-electron chi connectivity index (χ2n) is 6.01. The fraction of sp³-hybridized carbons (Fsp3) is 0.263. The van der Waals surface area contributed by atoms with E-state index in [1.54, 1.807) is 0 Å². The molecule has 0 radical (unpaired) electrons. The molecule has 1 fully saturated rings. The monoisotopic (exact) mass is 353 g/mol. The first-order chi connectivity index (χ1) is 12.3. The minimum absolute atomic E-state index is 0.121. The van der Waals surface area contributed by atoms with E-state index in [1.807, 2.05) is 47.8 Å². The van der Waals surface area contributed by atoms with Gasteiger partial charge in [-0.25, -0.2) is 4.98 Å². The van der Waals surface area contributed by atoms with Crippen molar-refractivity contribution >= 4 is 33.1 Å². The normalized spacial score (nSPS) is 15.4. The second kappa shape index (κ2) is 7.31. The highest BCUT2D eigenvalue weighted by atomic mass is 32.1. The summed E-state index contributed by atoms with van der Waals surface area (Å²) in [5.41, 5.74) is 1.66. The van der Waals surface area contributed by atoms with Gasteiger partial charge < -0.3 is 4.74 Å². The van der Waals surface area contributed by atoms with E-state index >= 15 is 0 Å². The Bertz CT molecular complexity index is 882. The van der Waals surface area contributed by atoms with Gasteiger partial charge in [0.2, 0.25) is 0 Å². The maximum absolute atomic E-state index is 12.7. The third-order valence-electron chi connectivity index (χ3n) is 4.30. The van der Waals surface area contributed by atoms with Crippen molar-refractivity contribution in [1.82, 2.24) is 9.88 Å². The lowest BCUT2D eigenvalue weighted by Crippen LogP contribution is -2.35. The highest BCUT2D eigenvalue weighted by Crippen LogP contribution is 2.22. The van der Waals surface area contributed by atoms with Gasteiger partial charge in [0.15, 0.2) is 5.13 Å². The highest BCUT2D eigenvalue weighted by molar-refractivity contribution is 7.14. The molecule has 2 aromatic carbocycles. The summed E-state index contributed by atoms with van der Waals surface area (Å²) in [4.78, 5) is 19.5. The van der Waals surface area contributed by atoms with E-state index in [2.05, 4.69) is 15.2 Å². The lowest BCUT2D eigenvalue weighted by molar-refractivity contribution is 0.0337. The average molecular weight is 353 g/mol. The Balaban J connectivity index is 1.47. The van der Waals surface area contributed by atoms with Crippen LogP contribution in [0.1, 0.15) is 16.1 Å².